The predicted octanol–water partition coefficient (Wildman–Crippen LogP) is 0.776. The van der Waals surface area contributed by atoms with Crippen LogP contribution in [0.1, 0.15) is 23.2 Å². The molecular formula is C17H26N2O6S. The minimum Gasteiger partial charge on any atom is -0.496 e. The predicted molar refractivity (Wildman–Crippen MR) is 95.9 cm³/mol. The molecule has 0 spiro atoms. The number of benzene rings is 1. The van der Waals surface area contributed by atoms with Gasteiger partial charge in [0.05, 0.1) is 25.7 Å². The van der Waals surface area contributed by atoms with E-state index in [9.17, 15) is 13.2 Å². The fraction of sp³-hybridized carbons (Fsp3) is 0.588. The maximum Gasteiger partial charge on any atom is 0.341 e. The first kappa shape index (κ1) is 20.6. The quantitative estimate of drug-likeness (QED) is 0.636. The lowest BCUT2D eigenvalue weighted by Crippen LogP contribution is -2.47. The molecular weight excluding hydrogens is 360 g/mol. The van der Waals surface area contributed by atoms with Crippen LogP contribution in [0.15, 0.2) is 23.1 Å². The fourth-order valence-electron chi connectivity index (χ4n) is 3.09. The number of nitrogens with one attached hydrogen (secondary N) is 2. The van der Waals surface area contributed by atoms with Crippen molar-refractivity contribution in [3.05, 3.63) is 23.8 Å². The van der Waals surface area contributed by atoms with Crippen LogP contribution < -0.4 is 14.8 Å². The number of carbonyl (C=O) groups is 1. The second-order valence-electron chi connectivity index (χ2n) is 6.36. The van der Waals surface area contributed by atoms with Crippen molar-refractivity contribution in [2.24, 2.45) is 5.41 Å². The van der Waals surface area contributed by atoms with Gasteiger partial charge in [-0.25, -0.2) is 17.9 Å². The monoisotopic (exact) mass is 386 g/mol. The highest BCUT2D eigenvalue weighted by atomic mass is 32.2. The Kier molecular flexibility index (Phi) is 6.99. The molecule has 26 heavy (non-hydrogen) atoms. The largest absolute Gasteiger partial charge is 0.496 e. The van der Waals surface area contributed by atoms with Crippen molar-refractivity contribution in [3.8, 4) is 5.75 Å². The van der Waals surface area contributed by atoms with Gasteiger partial charge >= 0.3 is 5.97 Å². The lowest BCUT2D eigenvalue weighted by molar-refractivity contribution is 0.0577. The second kappa shape index (κ2) is 8.81. The Morgan fingerprint density at radius 2 is 1.92 bits per heavy atom. The van der Waals surface area contributed by atoms with Crippen molar-refractivity contribution in [3.63, 3.8) is 0 Å². The zero-order valence-corrected chi connectivity index (χ0v) is 16.1. The van der Waals surface area contributed by atoms with Gasteiger partial charge in [-0.3, -0.25) is 0 Å². The van der Waals surface area contributed by atoms with Crippen LogP contribution in [0.4, 0.5) is 0 Å². The molecule has 1 aliphatic heterocycles. The maximum atomic E-state index is 12.7. The molecule has 2 rings (SSSR count). The van der Waals surface area contributed by atoms with Crippen LogP contribution in [-0.2, 0) is 19.5 Å². The lowest BCUT2D eigenvalue weighted by Gasteiger charge is -2.37. The van der Waals surface area contributed by atoms with Gasteiger partial charge in [0.2, 0.25) is 10.0 Å². The van der Waals surface area contributed by atoms with Crippen molar-refractivity contribution in [1.82, 2.24) is 10.0 Å². The van der Waals surface area contributed by atoms with E-state index < -0.39 is 16.0 Å². The summed E-state index contributed by atoms with van der Waals surface area (Å²) in [5.41, 5.74) is -0.184. The Hall–Kier alpha value is -1.68. The standard InChI is InChI=1S/C17H26N2O6S/c1-23-12-17(6-8-18-9-7-17)11-19-26(21,22)13-4-5-15(24-2)14(10-13)16(20)25-3/h4-5,10,18-19H,6-9,11-12H2,1-3H3. The molecule has 0 aliphatic carbocycles. The highest BCUT2D eigenvalue weighted by Crippen LogP contribution is 2.29. The number of methoxy groups -OCH3 is 3. The molecule has 1 aromatic carbocycles. The van der Waals surface area contributed by atoms with Gasteiger partial charge in [0, 0.05) is 19.1 Å². The molecule has 1 aromatic rings. The van der Waals surface area contributed by atoms with Crippen LogP contribution in [0.25, 0.3) is 0 Å². The van der Waals surface area contributed by atoms with E-state index in [1.807, 2.05) is 0 Å². The summed E-state index contributed by atoms with van der Waals surface area (Å²) in [5, 5.41) is 3.27. The van der Waals surface area contributed by atoms with E-state index in [2.05, 4.69) is 10.0 Å². The highest BCUT2D eigenvalue weighted by molar-refractivity contribution is 7.89. The number of sulfonamides is 1. The topological polar surface area (TPSA) is 103 Å². The van der Waals surface area contributed by atoms with Gasteiger partial charge < -0.3 is 19.5 Å². The summed E-state index contributed by atoms with van der Waals surface area (Å²) in [4.78, 5) is 11.9. The van der Waals surface area contributed by atoms with Gasteiger partial charge in [0.1, 0.15) is 11.3 Å². The summed E-state index contributed by atoms with van der Waals surface area (Å²) < 4.78 is 43.2. The number of carbonyl (C=O) groups excluding carboxylic acids is 1. The molecule has 2 N–H and O–H groups in total. The van der Waals surface area contributed by atoms with Crippen LogP contribution in [0.5, 0.6) is 5.75 Å². The first-order valence-electron chi connectivity index (χ1n) is 8.33. The van der Waals surface area contributed by atoms with Crippen LogP contribution >= 0.6 is 0 Å². The van der Waals surface area contributed by atoms with E-state index in [1.54, 1.807) is 7.11 Å². The second-order valence-corrected chi connectivity index (χ2v) is 8.13. The number of ether oxygens (including phenoxy) is 3. The zero-order valence-electron chi connectivity index (χ0n) is 15.3. The molecule has 0 atom stereocenters. The van der Waals surface area contributed by atoms with Crippen LogP contribution in [0, 0.1) is 5.41 Å². The van der Waals surface area contributed by atoms with Crippen molar-refractivity contribution in [2.75, 3.05) is 47.6 Å². The van der Waals surface area contributed by atoms with Gasteiger partial charge in [0.15, 0.2) is 0 Å². The molecule has 0 unspecified atom stereocenters. The first-order chi connectivity index (χ1) is 12.4. The number of esters is 1. The SMILES string of the molecule is COCC1(CNS(=O)(=O)c2ccc(OC)c(C(=O)OC)c2)CCNCC1. The molecule has 1 fully saturated rings. The summed E-state index contributed by atoms with van der Waals surface area (Å²) in [5.74, 6) is -0.405. The minimum absolute atomic E-state index is 0.0137. The van der Waals surface area contributed by atoms with E-state index in [0.29, 0.717) is 6.61 Å². The zero-order chi connectivity index (χ0) is 19.2. The highest BCUT2D eigenvalue weighted by Gasteiger charge is 2.33. The molecule has 9 heteroatoms. The summed E-state index contributed by atoms with van der Waals surface area (Å²) in [6, 6.07) is 4.10. The first-order valence-corrected chi connectivity index (χ1v) is 9.81. The molecule has 146 valence electrons. The van der Waals surface area contributed by atoms with Gasteiger partial charge in [-0.05, 0) is 44.1 Å². The number of hydrogen-bond acceptors (Lipinski definition) is 7. The lowest BCUT2D eigenvalue weighted by atomic mass is 9.80. The van der Waals surface area contributed by atoms with Crippen LogP contribution in [0.3, 0.4) is 0 Å². The molecule has 1 heterocycles. The number of rotatable bonds is 8. The Balaban J connectivity index is 2.22. The molecule has 0 saturated carbocycles. The van der Waals surface area contributed by atoms with Crippen LogP contribution in [0.2, 0.25) is 0 Å². The molecule has 0 bridgehead atoms. The minimum atomic E-state index is -3.79. The van der Waals surface area contributed by atoms with Crippen molar-refractivity contribution in [1.29, 1.82) is 0 Å². The third-order valence-electron chi connectivity index (χ3n) is 4.64. The van der Waals surface area contributed by atoms with Gasteiger partial charge in [0.25, 0.3) is 0 Å². The average molecular weight is 386 g/mol. The normalized spacial score (nSPS) is 16.9. The molecule has 0 aromatic heterocycles. The van der Waals surface area contributed by atoms with Gasteiger partial charge in [-0.15, -0.1) is 0 Å². The van der Waals surface area contributed by atoms with Gasteiger partial charge in [-0.2, -0.15) is 0 Å². The smallest absolute Gasteiger partial charge is 0.341 e. The van der Waals surface area contributed by atoms with Crippen molar-refractivity contribution in [2.45, 2.75) is 17.7 Å². The molecule has 0 radical (unpaired) electrons. The number of hydrogen-bond donors (Lipinski definition) is 2. The summed E-state index contributed by atoms with van der Waals surface area (Å²) in [7, 11) is 0.452. The fourth-order valence-corrected chi connectivity index (χ4v) is 4.27. The molecule has 0 amide bonds. The molecule has 1 saturated heterocycles. The number of piperidine rings is 1. The third-order valence-corrected chi connectivity index (χ3v) is 6.04. The van der Waals surface area contributed by atoms with Crippen molar-refractivity contribution < 1.29 is 27.4 Å². The Morgan fingerprint density at radius 3 is 2.50 bits per heavy atom. The molecule has 8 nitrogen and oxygen atoms in total. The van der Waals surface area contributed by atoms with E-state index in [-0.39, 0.29) is 28.2 Å². The summed E-state index contributed by atoms with van der Waals surface area (Å²) in [6.45, 7) is 2.39. The maximum absolute atomic E-state index is 12.7. The summed E-state index contributed by atoms with van der Waals surface area (Å²) >= 11 is 0. The van der Waals surface area contributed by atoms with E-state index >= 15 is 0 Å². The van der Waals surface area contributed by atoms with E-state index in [0.717, 1.165) is 25.9 Å². The Morgan fingerprint density at radius 1 is 1.23 bits per heavy atom. The average Bonchev–Trinajstić information content (AvgIpc) is 2.66. The Bertz CT molecular complexity index is 723. The van der Waals surface area contributed by atoms with E-state index in [1.165, 1.54) is 32.4 Å². The van der Waals surface area contributed by atoms with E-state index in [4.69, 9.17) is 14.2 Å². The van der Waals surface area contributed by atoms with Crippen molar-refractivity contribution >= 4 is 16.0 Å². The third kappa shape index (κ3) is 4.73. The van der Waals surface area contributed by atoms with Crippen LogP contribution in [-0.4, -0.2) is 62.0 Å². The Labute approximate surface area is 154 Å². The summed E-state index contributed by atoms with van der Waals surface area (Å²) in [6.07, 6.45) is 1.64. The van der Waals surface area contributed by atoms with Gasteiger partial charge in [-0.1, -0.05) is 0 Å². The molecule has 1 aliphatic rings.